The van der Waals surface area contributed by atoms with E-state index in [1.165, 1.54) is 0 Å². The minimum atomic E-state index is -0.145. The fraction of sp³-hybridized carbons (Fsp3) is 0.0667. The Balaban J connectivity index is 1.76. The van der Waals surface area contributed by atoms with Crippen molar-refractivity contribution in [1.82, 2.24) is 15.3 Å². The lowest BCUT2D eigenvalue weighted by molar-refractivity contribution is 0.0951. The molecule has 2 heterocycles. The van der Waals surface area contributed by atoms with Crippen molar-refractivity contribution in [1.29, 1.82) is 0 Å². The summed E-state index contributed by atoms with van der Waals surface area (Å²) >= 11 is 5.88. The summed E-state index contributed by atoms with van der Waals surface area (Å²) in [5.74, 6) is -0.145. The van der Waals surface area contributed by atoms with Crippen LogP contribution >= 0.6 is 11.6 Å². The van der Waals surface area contributed by atoms with Gasteiger partial charge in [0.15, 0.2) is 0 Å². The number of aromatic amines is 1. The van der Waals surface area contributed by atoms with Crippen molar-refractivity contribution < 1.29 is 4.79 Å². The molecule has 0 aliphatic rings. The molecule has 5 heteroatoms. The zero-order valence-corrected chi connectivity index (χ0v) is 11.3. The van der Waals surface area contributed by atoms with E-state index in [0.29, 0.717) is 17.1 Å². The first-order valence-corrected chi connectivity index (χ1v) is 6.56. The summed E-state index contributed by atoms with van der Waals surface area (Å²) in [6.45, 7) is 0.447. The summed E-state index contributed by atoms with van der Waals surface area (Å²) in [7, 11) is 0. The van der Waals surface area contributed by atoms with Crippen LogP contribution in [0.4, 0.5) is 0 Å². The van der Waals surface area contributed by atoms with Crippen LogP contribution in [0, 0.1) is 0 Å². The summed E-state index contributed by atoms with van der Waals surface area (Å²) in [4.78, 5) is 19.3. The van der Waals surface area contributed by atoms with Crippen LogP contribution in [-0.4, -0.2) is 15.9 Å². The molecule has 0 radical (unpaired) electrons. The van der Waals surface area contributed by atoms with Crippen molar-refractivity contribution in [3.63, 3.8) is 0 Å². The maximum absolute atomic E-state index is 12.1. The van der Waals surface area contributed by atoms with E-state index in [2.05, 4.69) is 15.3 Å². The number of pyridine rings is 1. The lowest BCUT2D eigenvalue weighted by Crippen LogP contribution is -2.22. The Kier molecular flexibility index (Phi) is 3.39. The largest absolute Gasteiger partial charge is 0.348 e. The monoisotopic (exact) mass is 285 g/mol. The first-order valence-electron chi connectivity index (χ1n) is 6.19. The smallest absolute Gasteiger partial charge is 0.251 e. The van der Waals surface area contributed by atoms with Gasteiger partial charge in [-0.05, 0) is 35.9 Å². The van der Waals surface area contributed by atoms with Gasteiger partial charge in [-0.3, -0.25) is 4.79 Å². The number of benzene rings is 1. The van der Waals surface area contributed by atoms with Crippen LogP contribution in [0.2, 0.25) is 5.02 Å². The normalized spacial score (nSPS) is 10.7. The first-order chi connectivity index (χ1) is 9.74. The van der Waals surface area contributed by atoms with E-state index in [4.69, 9.17) is 11.6 Å². The second-order valence-electron chi connectivity index (χ2n) is 4.40. The van der Waals surface area contributed by atoms with Crippen LogP contribution in [0.5, 0.6) is 0 Å². The molecule has 0 spiro atoms. The SMILES string of the molecule is O=C(NCc1ccnc2[nH]ccc12)c1cccc(Cl)c1. The molecule has 0 fully saturated rings. The lowest BCUT2D eigenvalue weighted by atomic mass is 10.1. The molecule has 0 aliphatic heterocycles. The minimum Gasteiger partial charge on any atom is -0.348 e. The van der Waals surface area contributed by atoms with E-state index in [0.717, 1.165) is 16.6 Å². The number of halogens is 1. The zero-order valence-electron chi connectivity index (χ0n) is 10.6. The second-order valence-corrected chi connectivity index (χ2v) is 4.84. The Morgan fingerprint density at radius 2 is 2.20 bits per heavy atom. The van der Waals surface area contributed by atoms with Crippen molar-refractivity contribution in [2.75, 3.05) is 0 Å². The third-order valence-electron chi connectivity index (χ3n) is 3.08. The number of nitrogens with one attached hydrogen (secondary N) is 2. The van der Waals surface area contributed by atoms with E-state index < -0.39 is 0 Å². The van der Waals surface area contributed by atoms with Gasteiger partial charge in [-0.2, -0.15) is 0 Å². The number of rotatable bonds is 3. The van der Waals surface area contributed by atoms with Crippen LogP contribution in [0.25, 0.3) is 11.0 Å². The first kappa shape index (κ1) is 12.7. The Hall–Kier alpha value is -2.33. The van der Waals surface area contributed by atoms with E-state index in [9.17, 15) is 4.79 Å². The van der Waals surface area contributed by atoms with Gasteiger partial charge < -0.3 is 10.3 Å². The standard InChI is InChI=1S/C15H12ClN3O/c16-12-3-1-2-10(8-12)15(20)19-9-11-4-6-17-14-13(11)5-7-18-14/h1-8H,9H2,(H,17,18)(H,19,20). The molecule has 3 aromatic rings. The van der Waals surface area contributed by atoms with Gasteiger partial charge in [-0.25, -0.2) is 4.98 Å². The number of hydrogen-bond acceptors (Lipinski definition) is 2. The molecule has 0 saturated carbocycles. The molecule has 20 heavy (non-hydrogen) atoms. The molecule has 2 aromatic heterocycles. The fourth-order valence-electron chi connectivity index (χ4n) is 2.08. The number of H-pyrrole nitrogens is 1. The van der Waals surface area contributed by atoms with Gasteiger partial charge in [0, 0.05) is 34.9 Å². The van der Waals surface area contributed by atoms with E-state index in [1.807, 2.05) is 18.3 Å². The summed E-state index contributed by atoms with van der Waals surface area (Å²) in [6.07, 6.45) is 3.56. The molecule has 0 bridgehead atoms. The van der Waals surface area contributed by atoms with Crippen LogP contribution in [0.3, 0.4) is 0 Å². The summed E-state index contributed by atoms with van der Waals surface area (Å²) in [6, 6.07) is 10.7. The highest BCUT2D eigenvalue weighted by atomic mass is 35.5. The molecular weight excluding hydrogens is 274 g/mol. The Morgan fingerprint density at radius 3 is 3.05 bits per heavy atom. The molecule has 3 rings (SSSR count). The van der Waals surface area contributed by atoms with Gasteiger partial charge in [-0.1, -0.05) is 17.7 Å². The third kappa shape index (κ3) is 2.51. The number of fused-ring (bicyclic) bond motifs is 1. The minimum absolute atomic E-state index is 0.145. The zero-order chi connectivity index (χ0) is 13.9. The topological polar surface area (TPSA) is 57.8 Å². The van der Waals surface area contributed by atoms with Crippen molar-refractivity contribution in [3.05, 3.63) is 64.9 Å². The molecule has 0 atom stereocenters. The van der Waals surface area contributed by atoms with Crippen molar-refractivity contribution in [2.24, 2.45) is 0 Å². The van der Waals surface area contributed by atoms with Gasteiger partial charge in [0.25, 0.3) is 5.91 Å². The molecule has 1 aromatic carbocycles. The predicted molar refractivity (Wildman–Crippen MR) is 78.7 cm³/mol. The maximum atomic E-state index is 12.1. The molecule has 4 nitrogen and oxygen atoms in total. The number of nitrogens with zero attached hydrogens (tertiary/aromatic N) is 1. The summed E-state index contributed by atoms with van der Waals surface area (Å²) < 4.78 is 0. The quantitative estimate of drug-likeness (QED) is 0.777. The van der Waals surface area contributed by atoms with Crippen molar-refractivity contribution in [2.45, 2.75) is 6.54 Å². The lowest BCUT2D eigenvalue weighted by Gasteiger charge is -2.06. The predicted octanol–water partition coefficient (Wildman–Crippen LogP) is 3.15. The number of carbonyl (C=O) groups is 1. The maximum Gasteiger partial charge on any atom is 0.251 e. The Bertz CT molecular complexity index is 766. The van der Waals surface area contributed by atoms with Crippen LogP contribution in [0.1, 0.15) is 15.9 Å². The average molecular weight is 286 g/mol. The van der Waals surface area contributed by atoms with Crippen LogP contribution in [-0.2, 0) is 6.54 Å². The highest BCUT2D eigenvalue weighted by Gasteiger charge is 2.07. The molecular formula is C15H12ClN3O. The molecule has 0 saturated heterocycles. The summed E-state index contributed by atoms with van der Waals surface area (Å²) in [5.41, 5.74) is 2.39. The van der Waals surface area contributed by atoms with Gasteiger partial charge in [0.05, 0.1) is 0 Å². The molecule has 0 aliphatic carbocycles. The third-order valence-corrected chi connectivity index (χ3v) is 3.31. The van der Waals surface area contributed by atoms with Crippen molar-refractivity contribution in [3.8, 4) is 0 Å². The average Bonchev–Trinajstić information content (AvgIpc) is 2.93. The molecule has 0 unspecified atom stereocenters. The second kappa shape index (κ2) is 5.35. The number of hydrogen-bond donors (Lipinski definition) is 2. The number of carbonyl (C=O) groups excluding carboxylic acids is 1. The van der Waals surface area contributed by atoms with Crippen molar-refractivity contribution >= 4 is 28.5 Å². The van der Waals surface area contributed by atoms with E-state index in [1.54, 1.807) is 30.5 Å². The Labute approximate surface area is 120 Å². The highest BCUT2D eigenvalue weighted by molar-refractivity contribution is 6.30. The summed E-state index contributed by atoms with van der Waals surface area (Å²) in [5, 5.41) is 4.45. The van der Waals surface area contributed by atoms with Gasteiger partial charge in [0.2, 0.25) is 0 Å². The number of amides is 1. The van der Waals surface area contributed by atoms with Crippen LogP contribution in [0.15, 0.2) is 48.8 Å². The van der Waals surface area contributed by atoms with Gasteiger partial charge in [-0.15, -0.1) is 0 Å². The molecule has 100 valence electrons. The fourth-order valence-corrected chi connectivity index (χ4v) is 2.27. The molecule has 2 N–H and O–H groups in total. The molecule has 1 amide bonds. The Morgan fingerprint density at radius 1 is 1.30 bits per heavy atom. The van der Waals surface area contributed by atoms with E-state index in [-0.39, 0.29) is 5.91 Å². The number of aromatic nitrogens is 2. The van der Waals surface area contributed by atoms with Gasteiger partial charge in [0.1, 0.15) is 5.65 Å². The highest BCUT2D eigenvalue weighted by Crippen LogP contribution is 2.15. The van der Waals surface area contributed by atoms with Gasteiger partial charge >= 0.3 is 0 Å². The van der Waals surface area contributed by atoms with Crippen LogP contribution < -0.4 is 5.32 Å². The van der Waals surface area contributed by atoms with E-state index >= 15 is 0 Å².